The van der Waals surface area contributed by atoms with E-state index in [9.17, 15) is 19.2 Å². The van der Waals surface area contributed by atoms with E-state index in [-0.39, 0.29) is 6.54 Å². The van der Waals surface area contributed by atoms with Crippen molar-refractivity contribution in [3.8, 4) is 0 Å². The monoisotopic (exact) mass is 319 g/mol. The van der Waals surface area contributed by atoms with Gasteiger partial charge in [0.05, 0.1) is 29.0 Å². The number of hydrogen-bond donors (Lipinski definition) is 0. The number of anilines is 2. The smallest absolute Gasteiger partial charge is 0.299 e. The van der Waals surface area contributed by atoms with Crippen molar-refractivity contribution in [1.82, 2.24) is 0 Å². The summed E-state index contributed by atoms with van der Waals surface area (Å²) in [6.07, 6.45) is 0. The van der Waals surface area contributed by atoms with Crippen LogP contribution in [0.25, 0.3) is 0 Å². The molecule has 1 radical (unpaired) electrons. The van der Waals surface area contributed by atoms with Crippen molar-refractivity contribution >= 4 is 34.8 Å². The van der Waals surface area contributed by atoms with Crippen molar-refractivity contribution in [2.75, 3.05) is 16.3 Å². The lowest BCUT2D eigenvalue weighted by Crippen LogP contribution is -2.37. The molecular formula is C18H11N2O4. The summed E-state index contributed by atoms with van der Waals surface area (Å²) in [6.45, 7) is 1.48. The minimum absolute atomic E-state index is 0.0228. The molecule has 0 saturated carbocycles. The van der Waals surface area contributed by atoms with Crippen molar-refractivity contribution in [2.45, 2.75) is 0 Å². The standard InChI is InChI=1S/C18H11N2O4/c21-15-11-5-1-3-7-13(11)19(17(15)23)9-10-20-14-8-4-2-6-12(14)16(22)18(20)24/h1-9H,10H2. The fraction of sp³-hybridized carbons (Fsp3) is 0.0556. The van der Waals surface area contributed by atoms with Gasteiger partial charge in [-0.15, -0.1) is 0 Å². The molecule has 6 nitrogen and oxygen atoms in total. The highest BCUT2D eigenvalue weighted by Gasteiger charge is 2.39. The maximum absolute atomic E-state index is 12.1. The molecule has 0 saturated heterocycles. The quantitative estimate of drug-likeness (QED) is 0.806. The topological polar surface area (TPSA) is 74.8 Å². The molecule has 0 fully saturated rings. The van der Waals surface area contributed by atoms with Gasteiger partial charge < -0.3 is 4.90 Å². The number of Topliss-reactive ketones (excluding diaryl/α,β-unsaturated/α-hetero) is 2. The third-order valence-corrected chi connectivity index (χ3v) is 4.15. The van der Waals surface area contributed by atoms with Crippen molar-refractivity contribution in [3.63, 3.8) is 0 Å². The average Bonchev–Trinajstić information content (AvgIpc) is 3.00. The van der Waals surface area contributed by atoms with Crippen LogP contribution >= 0.6 is 0 Å². The Morgan fingerprint density at radius 3 is 1.96 bits per heavy atom. The molecule has 6 heteroatoms. The second-order valence-corrected chi connectivity index (χ2v) is 5.47. The molecule has 0 N–H and O–H groups in total. The molecule has 0 spiro atoms. The number of carbonyl (C=O) groups excluding carboxylic acids is 4. The summed E-state index contributed by atoms with van der Waals surface area (Å²) < 4.78 is 0. The zero-order chi connectivity index (χ0) is 16.8. The fourth-order valence-corrected chi connectivity index (χ4v) is 2.98. The molecule has 2 heterocycles. The van der Waals surface area contributed by atoms with E-state index in [1.165, 1.54) is 16.3 Å². The number of hydrogen-bond acceptors (Lipinski definition) is 4. The van der Waals surface area contributed by atoms with Gasteiger partial charge in [0.15, 0.2) is 0 Å². The summed E-state index contributed by atoms with van der Waals surface area (Å²) >= 11 is 0. The first kappa shape index (κ1) is 14.3. The molecule has 2 aromatic rings. The molecule has 2 aromatic carbocycles. The van der Waals surface area contributed by atoms with Crippen LogP contribution in [0.4, 0.5) is 11.4 Å². The molecule has 2 aliphatic heterocycles. The average molecular weight is 319 g/mol. The lowest BCUT2D eigenvalue weighted by molar-refractivity contribution is -0.115. The first-order valence-electron chi connectivity index (χ1n) is 7.35. The van der Waals surface area contributed by atoms with Gasteiger partial charge in [-0.3, -0.25) is 24.1 Å². The predicted molar refractivity (Wildman–Crippen MR) is 85.7 cm³/mol. The molecule has 2 aliphatic rings. The number of benzene rings is 2. The van der Waals surface area contributed by atoms with E-state index in [0.29, 0.717) is 22.5 Å². The second-order valence-electron chi connectivity index (χ2n) is 5.47. The Balaban J connectivity index is 1.60. The van der Waals surface area contributed by atoms with E-state index in [1.54, 1.807) is 48.5 Å². The lowest BCUT2D eigenvalue weighted by atomic mass is 10.1. The van der Waals surface area contributed by atoms with Crippen LogP contribution in [0.3, 0.4) is 0 Å². The van der Waals surface area contributed by atoms with Crippen molar-refractivity contribution in [3.05, 3.63) is 66.2 Å². The molecule has 0 aliphatic carbocycles. The summed E-state index contributed by atoms with van der Waals surface area (Å²) in [6, 6.07) is 13.4. The number of fused-ring (bicyclic) bond motifs is 2. The second kappa shape index (κ2) is 5.13. The van der Waals surface area contributed by atoms with Gasteiger partial charge >= 0.3 is 0 Å². The molecule has 24 heavy (non-hydrogen) atoms. The Morgan fingerprint density at radius 2 is 1.25 bits per heavy atom. The lowest BCUT2D eigenvalue weighted by Gasteiger charge is -2.21. The van der Waals surface area contributed by atoms with Crippen LogP contribution in [0.1, 0.15) is 20.7 Å². The zero-order valence-corrected chi connectivity index (χ0v) is 12.4. The summed E-state index contributed by atoms with van der Waals surface area (Å²) in [4.78, 5) is 50.8. The fourth-order valence-electron chi connectivity index (χ4n) is 2.98. The molecule has 117 valence electrons. The molecule has 0 atom stereocenters. The van der Waals surface area contributed by atoms with E-state index in [4.69, 9.17) is 0 Å². The van der Waals surface area contributed by atoms with Crippen LogP contribution in [0.2, 0.25) is 0 Å². The van der Waals surface area contributed by atoms with Crippen molar-refractivity contribution < 1.29 is 19.2 Å². The maximum atomic E-state index is 12.1. The van der Waals surface area contributed by atoms with E-state index < -0.39 is 23.4 Å². The molecule has 0 unspecified atom stereocenters. The summed E-state index contributed by atoms with van der Waals surface area (Å²) in [5.41, 5.74) is 1.68. The van der Waals surface area contributed by atoms with Gasteiger partial charge in [-0.05, 0) is 24.3 Å². The zero-order valence-electron chi connectivity index (χ0n) is 12.4. The first-order valence-corrected chi connectivity index (χ1v) is 7.35. The van der Waals surface area contributed by atoms with Gasteiger partial charge in [0, 0.05) is 6.54 Å². The number of carbonyl (C=O) groups is 4. The Morgan fingerprint density at radius 1 is 0.708 bits per heavy atom. The Labute approximate surface area is 137 Å². The van der Waals surface area contributed by atoms with Gasteiger partial charge in [0.2, 0.25) is 0 Å². The van der Waals surface area contributed by atoms with Crippen molar-refractivity contribution in [2.24, 2.45) is 0 Å². The van der Waals surface area contributed by atoms with Crippen LogP contribution in [0.5, 0.6) is 0 Å². The van der Waals surface area contributed by atoms with Gasteiger partial charge in [-0.2, -0.15) is 0 Å². The largest absolute Gasteiger partial charge is 0.303 e. The molecular weight excluding hydrogens is 308 g/mol. The highest BCUT2D eigenvalue weighted by Crippen LogP contribution is 2.32. The van der Waals surface area contributed by atoms with E-state index in [1.807, 2.05) is 0 Å². The summed E-state index contributed by atoms with van der Waals surface area (Å²) in [5, 5.41) is 0. The van der Waals surface area contributed by atoms with E-state index in [0.717, 1.165) is 0 Å². The highest BCUT2D eigenvalue weighted by atomic mass is 16.2. The summed E-state index contributed by atoms with van der Waals surface area (Å²) in [7, 11) is 0. The molecule has 0 bridgehead atoms. The number of ketones is 2. The van der Waals surface area contributed by atoms with Crippen molar-refractivity contribution in [1.29, 1.82) is 0 Å². The van der Waals surface area contributed by atoms with Gasteiger partial charge in [-0.1, -0.05) is 24.3 Å². The van der Waals surface area contributed by atoms with Gasteiger partial charge in [0.1, 0.15) is 0 Å². The van der Waals surface area contributed by atoms with Crippen LogP contribution < -0.4 is 9.80 Å². The van der Waals surface area contributed by atoms with Crippen LogP contribution in [0, 0.1) is 6.54 Å². The first-order chi connectivity index (χ1) is 11.6. The Kier molecular flexibility index (Phi) is 3.06. The third kappa shape index (κ3) is 1.89. The predicted octanol–water partition coefficient (Wildman–Crippen LogP) is 1.61. The molecule has 4 rings (SSSR count). The normalized spacial score (nSPS) is 16.0. The third-order valence-electron chi connectivity index (χ3n) is 4.15. The highest BCUT2D eigenvalue weighted by molar-refractivity contribution is 6.53. The number of amides is 2. The molecule has 2 amide bonds. The van der Waals surface area contributed by atoms with E-state index in [2.05, 4.69) is 0 Å². The summed E-state index contributed by atoms with van der Waals surface area (Å²) in [5.74, 6) is -2.45. The number of rotatable bonds is 3. The van der Waals surface area contributed by atoms with Crippen LogP contribution in [-0.4, -0.2) is 29.9 Å². The SMILES string of the molecule is O=C1C(=O)N([CH]CN2C(=O)C(=O)c3ccccc32)c2ccccc21. The molecule has 0 aromatic heterocycles. The minimum atomic E-state index is -0.664. The minimum Gasteiger partial charge on any atom is -0.303 e. The Bertz CT molecular complexity index is 843. The Hall–Kier alpha value is -3.28. The van der Waals surface area contributed by atoms with Gasteiger partial charge in [-0.25, -0.2) is 0 Å². The number of para-hydroxylation sites is 2. The van der Waals surface area contributed by atoms with Crippen LogP contribution in [0.15, 0.2) is 48.5 Å². The van der Waals surface area contributed by atoms with Gasteiger partial charge in [0.25, 0.3) is 23.4 Å². The van der Waals surface area contributed by atoms with Crippen LogP contribution in [-0.2, 0) is 9.59 Å². The number of nitrogens with zero attached hydrogens (tertiary/aromatic N) is 2. The van der Waals surface area contributed by atoms with E-state index >= 15 is 0 Å². The maximum Gasteiger partial charge on any atom is 0.299 e.